The van der Waals surface area contributed by atoms with Crippen LogP contribution in [-0.2, 0) is 6.54 Å². The van der Waals surface area contributed by atoms with E-state index in [9.17, 15) is 4.79 Å². The third-order valence-corrected chi connectivity index (χ3v) is 3.76. The van der Waals surface area contributed by atoms with Crippen LogP contribution < -0.4 is 15.8 Å². The molecule has 3 rings (SSSR count). The van der Waals surface area contributed by atoms with E-state index in [1.807, 2.05) is 30.3 Å². The Morgan fingerprint density at radius 2 is 2.04 bits per heavy atom. The molecule has 0 aliphatic rings. The van der Waals surface area contributed by atoms with Gasteiger partial charge in [-0.25, -0.2) is 14.5 Å². The van der Waals surface area contributed by atoms with E-state index in [-0.39, 0.29) is 0 Å². The molecule has 128 valence electrons. The fourth-order valence-corrected chi connectivity index (χ4v) is 2.53. The van der Waals surface area contributed by atoms with Crippen molar-refractivity contribution in [2.24, 2.45) is 5.73 Å². The lowest BCUT2D eigenvalue weighted by Crippen LogP contribution is -2.28. The number of amides is 2. The summed E-state index contributed by atoms with van der Waals surface area (Å²) in [7, 11) is 1.56. The van der Waals surface area contributed by atoms with Gasteiger partial charge in [0.1, 0.15) is 0 Å². The summed E-state index contributed by atoms with van der Waals surface area (Å²) in [6.45, 7) is 0.373. The molecule has 0 saturated heterocycles. The number of nitrogens with two attached hydrogens (primary N) is 1. The van der Waals surface area contributed by atoms with Crippen LogP contribution in [-0.4, -0.2) is 27.9 Å². The van der Waals surface area contributed by atoms with E-state index in [0.29, 0.717) is 17.6 Å². The number of rotatable bonds is 5. The van der Waals surface area contributed by atoms with Gasteiger partial charge in [-0.05, 0) is 11.6 Å². The highest BCUT2D eigenvalue weighted by atomic mass is 35.5. The Kier molecular flexibility index (Phi) is 4.85. The van der Waals surface area contributed by atoms with Crippen molar-refractivity contribution in [1.29, 1.82) is 0 Å². The normalized spacial score (nSPS) is 10.5. The topological polar surface area (TPSA) is 95.1 Å². The lowest BCUT2D eigenvalue weighted by Gasteiger charge is -2.09. The van der Waals surface area contributed by atoms with Crippen molar-refractivity contribution in [2.75, 3.05) is 7.11 Å². The highest BCUT2D eigenvalue weighted by molar-refractivity contribution is 6.29. The molecule has 0 bridgehead atoms. The molecule has 0 spiro atoms. The molecule has 0 saturated carbocycles. The Labute approximate surface area is 149 Å². The molecule has 3 aromatic rings. The molecule has 3 N–H and O–H groups in total. The van der Waals surface area contributed by atoms with E-state index in [1.54, 1.807) is 30.1 Å². The van der Waals surface area contributed by atoms with Gasteiger partial charge in [-0.2, -0.15) is 5.10 Å². The van der Waals surface area contributed by atoms with Gasteiger partial charge in [-0.1, -0.05) is 35.9 Å². The SMILES string of the molecule is COc1ccc(-n2nc(Cl)cc2-c2ccc(CNC(N)=O)cc2)cn1. The third kappa shape index (κ3) is 3.89. The fourth-order valence-electron chi connectivity index (χ4n) is 2.36. The molecule has 0 aliphatic heterocycles. The van der Waals surface area contributed by atoms with Gasteiger partial charge in [-0.15, -0.1) is 0 Å². The molecule has 0 radical (unpaired) electrons. The Morgan fingerprint density at radius 3 is 2.64 bits per heavy atom. The summed E-state index contributed by atoms with van der Waals surface area (Å²) >= 11 is 6.10. The number of hydrogen-bond donors (Lipinski definition) is 2. The number of nitrogens with one attached hydrogen (secondary N) is 1. The predicted octanol–water partition coefficient (Wildman–Crippen LogP) is 2.76. The molecular formula is C17H16ClN5O2. The van der Waals surface area contributed by atoms with E-state index in [0.717, 1.165) is 22.5 Å². The summed E-state index contributed by atoms with van der Waals surface area (Å²) in [5.74, 6) is 0.523. The number of aromatic nitrogens is 3. The number of ether oxygens (including phenoxy) is 1. The predicted molar refractivity (Wildman–Crippen MR) is 94.8 cm³/mol. The van der Waals surface area contributed by atoms with Crippen molar-refractivity contribution in [3.05, 3.63) is 59.4 Å². The smallest absolute Gasteiger partial charge is 0.312 e. The first kappa shape index (κ1) is 16.8. The first-order valence-corrected chi connectivity index (χ1v) is 7.83. The Morgan fingerprint density at radius 1 is 1.28 bits per heavy atom. The molecule has 0 atom stereocenters. The maximum atomic E-state index is 10.8. The van der Waals surface area contributed by atoms with E-state index < -0.39 is 6.03 Å². The van der Waals surface area contributed by atoms with Gasteiger partial charge >= 0.3 is 6.03 Å². The number of carbonyl (C=O) groups excluding carboxylic acids is 1. The summed E-state index contributed by atoms with van der Waals surface area (Å²) in [4.78, 5) is 15.0. The number of urea groups is 1. The quantitative estimate of drug-likeness (QED) is 0.734. The number of pyridine rings is 1. The largest absolute Gasteiger partial charge is 0.481 e. The lowest BCUT2D eigenvalue weighted by molar-refractivity contribution is 0.248. The molecule has 2 aromatic heterocycles. The van der Waals surface area contributed by atoms with Crippen LogP contribution in [0.4, 0.5) is 4.79 Å². The van der Waals surface area contributed by atoms with Crippen LogP contribution in [0.2, 0.25) is 5.15 Å². The van der Waals surface area contributed by atoms with Crippen molar-refractivity contribution >= 4 is 17.6 Å². The number of carbonyl (C=O) groups is 1. The summed E-state index contributed by atoms with van der Waals surface area (Å²) in [5, 5.41) is 7.26. The summed E-state index contributed by atoms with van der Waals surface area (Å²) < 4.78 is 6.79. The van der Waals surface area contributed by atoms with Crippen LogP contribution in [0.15, 0.2) is 48.7 Å². The molecule has 0 aliphatic carbocycles. The van der Waals surface area contributed by atoms with E-state index >= 15 is 0 Å². The molecule has 0 fully saturated rings. The number of nitrogens with zero attached hydrogens (tertiary/aromatic N) is 3. The minimum absolute atomic E-state index is 0.373. The molecular weight excluding hydrogens is 342 g/mol. The Hall–Kier alpha value is -3.06. The first-order chi connectivity index (χ1) is 12.1. The van der Waals surface area contributed by atoms with Gasteiger partial charge in [0.25, 0.3) is 0 Å². The number of hydrogen-bond acceptors (Lipinski definition) is 4. The highest BCUT2D eigenvalue weighted by Gasteiger charge is 2.11. The highest BCUT2D eigenvalue weighted by Crippen LogP contribution is 2.26. The van der Waals surface area contributed by atoms with Crippen LogP contribution in [0.5, 0.6) is 5.88 Å². The van der Waals surface area contributed by atoms with Crippen LogP contribution in [0.25, 0.3) is 16.9 Å². The standard InChI is InChI=1S/C17H16ClN5O2/c1-25-16-7-6-13(10-20-16)23-14(8-15(18)22-23)12-4-2-11(3-5-12)9-21-17(19)24/h2-8,10H,9H2,1H3,(H3,19,21,24). The third-order valence-electron chi connectivity index (χ3n) is 3.57. The number of primary amides is 1. The van der Waals surface area contributed by atoms with Gasteiger partial charge in [0.15, 0.2) is 5.15 Å². The van der Waals surface area contributed by atoms with Crippen molar-refractivity contribution in [3.8, 4) is 22.8 Å². The zero-order chi connectivity index (χ0) is 17.8. The Bertz CT molecular complexity index is 875. The van der Waals surface area contributed by atoms with E-state index in [4.69, 9.17) is 22.1 Å². The first-order valence-electron chi connectivity index (χ1n) is 7.45. The van der Waals surface area contributed by atoms with Crippen LogP contribution in [0, 0.1) is 0 Å². The maximum absolute atomic E-state index is 10.8. The average Bonchev–Trinajstić information content (AvgIpc) is 3.02. The number of methoxy groups -OCH3 is 1. The van der Waals surface area contributed by atoms with E-state index in [2.05, 4.69) is 15.4 Å². The van der Waals surface area contributed by atoms with Gasteiger partial charge in [0.2, 0.25) is 5.88 Å². The van der Waals surface area contributed by atoms with Gasteiger partial charge in [-0.3, -0.25) is 0 Å². The summed E-state index contributed by atoms with van der Waals surface area (Å²) in [6.07, 6.45) is 1.66. The van der Waals surface area contributed by atoms with Crippen LogP contribution in [0.1, 0.15) is 5.56 Å². The fraction of sp³-hybridized carbons (Fsp3) is 0.118. The maximum Gasteiger partial charge on any atom is 0.312 e. The van der Waals surface area contributed by atoms with Gasteiger partial charge in [0.05, 0.1) is 24.7 Å². The zero-order valence-electron chi connectivity index (χ0n) is 13.4. The van der Waals surface area contributed by atoms with Crippen LogP contribution in [0.3, 0.4) is 0 Å². The van der Waals surface area contributed by atoms with E-state index in [1.165, 1.54) is 0 Å². The van der Waals surface area contributed by atoms with Crippen LogP contribution >= 0.6 is 11.6 Å². The monoisotopic (exact) mass is 357 g/mol. The Balaban J connectivity index is 1.90. The second-order valence-electron chi connectivity index (χ2n) is 5.24. The van der Waals surface area contributed by atoms with Crippen molar-refractivity contribution in [1.82, 2.24) is 20.1 Å². The summed E-state index contributed by atoms with van der Waals surface area (Å²) in [5.41, 5.74) is 8.53. The molecule has 2 heterocycles. The molecule has 0 unspecified atom stereocenters. The zero-order valence-corrected chi connectivity index (χ0v) is 14.2. The molecule has 7 nitrogen and oxygen atoms in total. The molecule has 1 aromatic carbocycles. The summed E-state index contributed by atoms with van der Waals surface area (Å²) in [6, 6.07) is 12.5. The number of halogens is 1. The second kappa shape index (κ2) is 7.23. The lowest BCUT2D eigenvalue weighted by atomic mass is 10.1. The molecule has 8 heteroatoms. The van der Waals surface area contributed by atoms with Crippen molar-refractivity contribution in [3.63, 3.8) is 0 Å². The van der Waals surface area contributed by atoms with Crippen molar-refractivity contribution < 1.29 is 9.53 Å². The molecule has 25 heavy (non-hydrogen) atoms. The average molecular weight is 358 g/mol. The van der Waals surface area contributed by atoms with Gasteiger partial charge < -0.3 is 15.8 Å². The van der Waals surface area contributed by atoms with Crippen molar-refractivity contribution in [2.45, 2.75) is 6.54 Å². The second-order valence-corrected chi connectivity index (χ2v) is 5.62. The minimum Gasteiger partial charge on any atom is -0.481 e. The minimum atomic E-state index is -0.555. The van der Waals surface area contributed by atoms with Gasteiger partial charge in [0, 0.05) is 24.2 Å². The molecule has 2 amide bonds. The number of benzene rings is 1.